The molecule has 0 radical (unpaired) electrons. The molecular formula is C37H34N2O7S. The minimum atomic E-state index is -0.843. The summed E-state index contributed by atoms with van der Waals surface area (Å²) in [6.07, 6.45) is 1.46. The Bertz CT molecular complexity index is 2250. The van der Waals surface area contributed by atoms with E-state index < -0.39 is 12.0 Å². The van der Waals surface area contributed by atoms with Gasteiger partial charge in [-0.05, 0) is 81.3 Å². The van der Waals surface area contributed by atoms with E-state index in [1.165, 1.54) is 11.3 Å². The number of carbonyl (C=O) groups is 2. The Kier molecular flexibility index (Phi) is 8.70. The van der Waals surface area contributed by atoms with Crippen molar-refractivity contribution in [2.45, 2.75) is 46.8 Å². The molecule has 0 bridgehead atoms. The van der Waals surface area contributed by atoms with Crippen molar-refractivity contribution in [3.05, 3.63) is 120 Å². The first-order valence-corrected chi connectivity index (χ1v) is 16.1. The van der Waals surface area contributed by atoms with Crippen molar-refractivity contribution in [3.8, 4) is 17.1 Å². The van der Waals surface area contributed by atoms with Crippen molar-refractivity contribution in [3.63, 3.8) is 0 Å². The second-order valence-corrected chi connectivity index (χ2v) is 12.4. The zero-order valence-corrected chi connectivity index (χ0v) is 27.8. The van der Waals surface area contributed by atoms with Crippen LogP contribution in [0.3, 0.4) is 0 Å². The smallest absolute Gasteiger partial charge is 0.338 e. The number of aryl methyl sites for hydroxylation is 1. The van der Waals surface area contributed by atoms with Crippen LogP contribution in [-0.2, 0) is 14.3 Å². The predicted octanol–water partition coefficient (Wildman–Crippen LogP) is 6.09. The zero-order valence-electron chi connectivity index (χ0n) is 27.0. The van der Waals surface area contributed by atoms with Gasteiger partial charge in [-0.3, -0.25) is 9.36 Å². The average molecular weight is 651 g/mol. The topological polar surface area (TPSA) is 109 Å². The Morgan fingerprint density at radius 1 is 1.04 bits per heavy atom. The fourth-order valence-electron chi connectivity index (χ4n) is 5.85. The lowest BCUT2D eigenvalue weighted by atomic mass is 9.90. The molecular weight excluding hydrogens is 616 g/mol. The highest BCUT2D eigenvalue weighted by Crippen LogP contribution is 2.40. The van der Waals surface area contributed by atoms with Gasteiger partial charge in [0.05, 0.1) is 41.2 Å². The highest BCUT2D eigenvalue weighted by atomic mass is 32.1. The molecule has 0 saturated heterocycles. The van der Waals surface area contributed by atoms with Gasteiger partial charge in [-0.2, -0.15) is 0 Å². The zero-order chi connectivity index (χ0) is 33.4. The van der Waals surface area contributed by atoms with E-state index in [1.807, 2.05) is 69.3 Å². The highest BCUT2D eigenvalue weighted by Gasteiger charge is 2.36. The van der Waals surface area contributed by atoms with Crippen molar-refractivity contribution in [1.82, 2.24) is 4.57 Å². The SMILES string of the molecule is CCOC(=O)C1=C(C)N=c2s/c(=C/c3ccc(-c4ccc(C(=O)OC(C)C)cc4C)o3)c(=O)n2[C@H]1c1c(OC)ccc2ccccc12. The van der Waals surface area contributed by atoms with Gasteiger partial charge >= 0.3 is 11.9 Å². The molecule has 1 aliphatic heterocycles. The molecule has 0 unspecified atom stereocenters. The normalized spacial score (nSPS) is 14.7. The lowest BCUT2D eigenvalue weighted by Crippen LogP contribution is -2.40. The molecule has 2 aromatic heterocycles. The molecule has 1 atom stereocenters. The second-order valence-electron chi connectivity index (χ2n) is 11.4. The summed E-state index contributed by atoms with van der Waals surface area (Å²) in [5.74, 6) is 0.662. The molecule has 9 nitrogen and oxygen atoms in total. The van der Waals surface area contributed by atoms with E-state index in [-0.39, 0.29) is 29.8 Å². The molecule has 3 aromatic carbocycles. The second kappa shape index (κ2) is 12.9. The van der Waals surface area contributed by atoms with E-state index >= 15 is 0 Å². The van der Waals surface area contributed by atoms with E-state index in [0.29, 0.717) is 43.4 Å². The molecule has 0 aliphatic carbocycles. The first-order valence-electron chi connectivity index (χ1n) is 15.3. The summed E-state index contributed by atoms with van der Waals surface area (Å²) in [4.78, 5) is 45.3. The Labute approximate surface area is 275 Å². The summed E-state index contributed by atoms with van der Waals surface area (Å²) in [5.41, 5.74) is 3.20. The first kappa shape index (κ1) is 31.7. The Morgan fingerprint density at radius 2 is 1.83 bits per heavy atom. The van der Waals surface area contributed by atoms with Gasteiger partial charge in [-0.1, -0.05) is 47.7 Å². The predicted molar refractivity (Wildman–Crippen MR) is 180 cm³/mol. The average Bonchev–Trinajstić information content (AvgIpc) is 3.63. The van der Waals surface area contributed by atoms with E-state index in [4.69, 9.17) is 23.6 Å². The van der Waals surface area contributed by atoms with Crippen LogP contribution in [-0.4, -0.2) is 36.3 Å². The van der Waals surface area contributed by atoms with Gasteiger partial charge in [-0.25, -0.2) is 14.6 Å². The summed E-state index contributed by atoms with van der Waals surface area (Å²) in [7, 11) is 1.57. The van der Waals surface area contributed by atoms with Crippen molar-refractivity contribution in [1.29, 1.82) is 0 Å². The minimum absolute atomic E-state index is 0.171. The highest BCUT2D eigenvalue weighted by molar-refractivity contribution is 7.07. The van der Waals surface area contributed by atoms with Crippen LogP contribution in [0.1, 0.15) is 61.0 Å². The number of nitrogens with zero attached hydrogens (tertiary/aromatic N) is 2. The first-order chi connectivity index (χ1) is 22.6. The third-order valence-corrected chi connectivity index (χ3v) is 8.89. The molecule has 3 heterocycles. The Hall–Kier alpha value is -5.22. The van der Waals surface area contributed by atoms with E-state index in [1.54, 1.807) is 49.8 Å². The molecule has 0 fully saturated rings. The number of allylic oxidation sites excluding steroid dienone is 1. The summed E-state index contributed by atoms with van der Waals surface area (Å²) in [6.45, 7) is 9.17. The van der Waals surface area contributed by atoms with Crippen LogP contribution in [0.15, 0.2) is 92.2 Å². The van der Waals surface area contributed by atoms with E-state index in [9.17, 15) is 14.4 Å². The number of hydrogen-bond acceptors (Lipinski definition) is 9. The van der Waals surface area contributed by atoms with Gasteiger partial charge in [0, 0.05) is 17.2 Å². The number of esters is 2. The number of aromatic nitrogens is 1. The standard InChI is InChI=1S/C37H34N2O7S/c1-7-44-36(42)31-22(5)38-37-39(33(31)32-27-11-9-8-10-23(27)13-16-29(32)43-6)34(40)30(47-37)19-25-14-17-28(46-25)26-15-12-24(18-21(26)4)35(41)45-20(2)3/h8-20,33H,7H2,1-6H3/b30-19+/t33-/m1/s1. The third-order valence-electron chi connectivity index (χ3n) is 7.91. The lowest BCUT2D eigenvalue weighted by Gasteiger charge is -2.27. The van der Waals surface area contributed by atoms with E-state index in [0.717, 1.165) is 21.9 Å². The molecule has 6 rings (SSSR count). The van der Waals surface area contributed by atoms with Gasteiger partial charge in [0.25, 0.3) is 5.56 Å². The maximum absolute atomic E-state index is 14.3. The molecule has 0 amide bonds. The van der Waals surface area contributed by atoms with Gasteiger partial charge < -0.3 is 18.6 Å². The van der Waals surface area contributed by atoms with Crippen LogP contribution in [0.5, 0.6) is 5.75 Å². The summed E-state index contributed by atoms with van der Waals surface area (Å²) >= 11 is 1.21. The molecule has 10 heteroatoms. The van der Waals surface area contributed by atoms with Crippen molar-refractivity contribution in [2.24, 2.45) is 4.99 Å². The van der Waals surface area contributed by atoms with Crippen molar-refractivity contribution >= 4 is 40.1 Å². The number of methoxy groups -OCH3 is 1. The van der Waals surface area contributed by atoms with E-state index in [2.05, 4.69) is 0 Å². The lowest BCUT2D eigenvalue weighted by molar-refractivity contribution is -0.139. The molecule has 240 valence electrons. The summed E-state index contributed by atoms with van der Waals surface area (Å²) in [6, 6.07) is 19.6. The van der Waals surface area contributed by atoms with Gasteiger partial charge in [0.15, 0.2) is 4.80 Å². The van der Waals surface area contributed by atoms with Gasteiger partial charge in [0.1, 0.15) is 23.3 Å². The quantitative estimate of drug-likeness (QED) is 0.187. The number of furan rings is 1. The molecule has 47 heavy (non-hydrogen) atoms. The van der Waals surface area contributed by atoms with Crippen molar-refractivity contribution in [2.75, 3.05) is 13.7 Å². The molecule has 5 aromatic rings. The number of hydrogen-bond donors (Lipinski definition) is 0. The molecule has 1 aliphatic rings. The van der Waals surface area contributed by atoms with Crippen LogP contribution < -0.4 is 19.6 Å². The van der Waals surface area contributed by atoms with Crippen LogP contribution in [0.25, 0.3) is 28.2 Å². The maximum Gasteiger partial charge on any atom is 0.338 e. The van der Waals surface area contributed by atoms with Crippen LogP contribution in [0.2, 0.25) is 0 Å². The van der Waals surface area contributed by atoms with Crippen LogP contribution in [0.4, 0.5) is 0 Å². The number of fused-ring (bicyclic) bond motifs is 2. The number of rotatable bonds is 8. The molecule has 0 spiro atoms. The third kappa shape index (κ3) is 5.92. The Balaban J connectivity index is 1.47. The van der Waals surface area contributed by atoms with Crippen molar-refractivity contribution < 1.29 is 28.2 Å². The van der Waals surface area contributed by atoms with Gasteiger partial charge in [0.2, 0.25) is 0 Å². The largest absolute Gasteiger partial charge is 0.496 e. The van der Waals surface area contributed by atoms with Crippen LogP contribution in [0, 0.1) is 6.92 Å². The van der Waals surface area contributed by atoms with Gasteiger partial charge in [-0.15, -0.1) is 0 Å². The summed E-state index contributed by atoms with van der Waals surface area (Å²) < 4.78 is 24.7. The number of benzene rings is 3. The number of thiazole rings is 1. The fraction of sp³-hybridized carbons (Fsp3) is 0.243. The fourth-order valence-corrected chi connectivity index (χ4v) is 6.88. The maximum atomic E-state index is 14.3. The summed E-state index contributed by atoms with van der Waals surface area (Å²) in [5, 5.41) is 1.78. The molecule has 0 N–H and O–H groups in total. The minimum Gasteiger partial charge on any atom is -0.496 e. The monoisotopic (exact) mass is 650 g/mol. The molecule has 0 saturated carbocycles. The van der Waals surface area contributed by atoms with Crippen LogP contribution >= 0.6 is 11.3 Å². The Morgan fingerprint density at radius 3 is 2.55 bits per heavy atom. The number of ether oxygens (including phenoxy) is 3. The number of carbonyl (C=O) groups excluding carboxylic acids is 2.